The Morgan fingerprint density at radius 1 is 1.35 bits per heavy atom. The van der Waals surface area contributed by atoms with Crippen molar-refractivity contribution in [3.63, 3.8) is 0 Å². The summed E-state index contributed by atoms with van der Waals surface area (Å²) in [4.78, 5) is 24.3. The molecule has 1 rings (SSSR count). The van der Waals surface area contributed by atoms with Crippen molar-refractivity contribution in [3.05, 3.63) is 0 Å². The van der Waals surface area contributed by atoms with Gasteiger partial charge in [0, 0.05) is 6.42 Å². The third-order valence-electron chi connectivity index (χ3n) is 2.35. The zero-order valence-electron chi connectivity index (χ0n) is 10.5. The number of halogens is 1. The number of rotatable bonds is 1. The minimum Gasteiger partial charge on any atom is -0.467 e. The van der Waals surface area contributed by atoms with Gasteiger partial charge in [0.05, 0.1) is 13.7 Å². The molecule has 1 saturated heterocycles. The lowest BCUT2D eigenvalue weighted by atomic mass is 10.2. The fourth-order valence-electron chi connectivity index (χ4n) is 1.67. The third-order valence-corrected chi connectivity index (χ3v) is 2.35. The van der Waals surface area contributed by atoms with Gasteiger partial charge in [-0.2, -0.15) is 0 Å². The first-order valence-electron chi connectivity index (χ1n) is 5.46. The van der Waals surface area contributed by atoms with Crippen LogP contribution in [0.5, 0.6) is 0 Å². The largest absolute Gasteiger partial charge is 0.467 e. The lowest BCUT2D eigenvalue weighted by Gasteiger charge is -2.27. The van der Waals surface area contributed by atoms with Gasteiger partial charge in [0.1, 0.15) is 17.8 Å². The number of hydrogen-bond acceptors (Lipinski definition) is 4. The number of ether oxygens (including phenoxy) is 2. The van der Waals surface area contributed by atoms with E-state index < -0.39 is 29.9 Å². The van der Waals surface area contributed by atoms with Crippen LogP contribution in [0.2, 0.25) is 0 Å². The lowest BCUT2D eigenvalue weighted by molar-refractivity contribution is -0.145. The van der Waals surface area contributed by atoms with Crippen LogP contribution < -0.4 is 0 Å². The van der Waals surface area contributed by atoms with Gasteiger partial charge in [0.15, 0.2) is 0 Å². The summed E-state index contributed by atoms with van der Waals surface area (Å²) in [7, 11) is 1.21. The second kappa shape index (κ2) is 4.89. The second-order valence-electron chi connectivity index (χ2n) is 5.00. The molecule has 1 aliphatic heterocycles. The Kier molecular flexibility index (Phi) is 3.95. The first-order chi connectivity index (χ1) is 7.74. The van der Waals surface area contributed by atoms with E-state index >= 15 is 0 Å². The van der Waals surface area contributed by atoms with Crippen LogP contribution >= 0.6 is 0 Å². The zero-order chi connectivity index (χ0) is 13.2. The van der Waals surface area contributed by atoms with Gasteiger partial charge in [-0.3, -0.25) is 4.90 Å². The normalized spacial score (nSPS) is 24.6. The Balaban J connectivity index is 2.73. The first kappa shape index (κ1) is 13.7. The Bertz CT molecular complexity index is 313. The first-order valence-corrected chi connectivity index (χ1v) is 5.46. The highest BCUT2D eigenvalue weighted by molar-refractivity contribution is 5.82. The Labute approximate surface area is 99.9 Å². The van der Waals surface area contributed by atoms with E-state index in [0.29, 0.717) is 0 Å². The molecule has 1 unspecified atom stereocenters. The molecular formula is C11H18FNO4. The van der Waals surface area contributed by atoms with Crippen LogP contribution in [0.1, 0.15) is 27.2 Å². The summed E-state index contributed by atoms with van der Waals surface area (Å²) >= 11 is 0. The van der Waals surface area contributed by atoms with Gasteiger partial charge in [-0.1, -0.05) is 0 Å². The van der Waals surface area contributed by atoms with E-state index in [4.69, 9.17) is 4.74 Å². The molecule has 0 aromatic carbocycles. The zero-order valence-corrected chi connectivity index (χ0v) is 10.5. The maximum absolute atomic E-state index is 13.3. The summed E-state index contributed by atoms with van der Waals surface area (Å²) in [5.74, 6) is -0.615. The van der Waals surface area contributed by atoms with Crippen molar-refractivity contribution < 1.29 is 23.5 Å². The van der Waals surface area contributed by atoms with Crippen molar-refractivity contribution in [2.24, 2.45) is 0 Å². The number of alkyl halides is 1. The maximum atomic E-state index is 13.3. The predicted molar refractivity (Wildman–Crippen MR) is 58.3 cm³/mol. The molecule has 1 fully saturated rings. The van der Waals surface area contributed by atoms with Crippen LogP contribution in [0.25, 0.3) is 0 Å². The van der Waals surface area contributed by atoms with Gasteiger partial charge >= 0.3 is 12.1 Å². The van der Waals surface area contributed by atoms with Crippen molar-refractivity contribution in [3.8, 4) is 0 Å². The molecular weight excluding hydrogens is 229 g/mol. The Morgan fingerprint density at radius 2 is 1.94 bits per heavy atom. The fourth-order valence-corrected chi connectivity index (χ4v) is 1.67. The Morgan fingerprint density at radius 3 is 2.41 bits per heavy atom. The van der Waals surface area contributed by atoms with E-state index in [1.165, 1.54) is 7.11 Å². The van der Waals surface area contributed by atoms with E-state index in [0.717, 1.165) is 4.90 Å². The summed E-state index contributed by atoms with van der Waals surface area (Å²) in [6.45, 7) is 5.00. The molecule has 0 aromatic heterocycles. The van der Waals surface area contributed by atoms with E-state index in [1.54, 1.807) is 20.8 Å². The van der Waals surface area contributed by atoms with Gasteiger partial charge in [-0.05, 0) is 20.8 Å². The average molecular weight is 247 g/mol. The highest BCUT2D eigenvalue weighted by Gasteiger charge is 2.42. The number of carbonyl (C=O) groups excluding carboxylic acids is 2. The molecule has 0 radical (unpaired) electrons. The van der Waals surface area contributed by atoms with Crippen LogP contribution in [-0.4, -0.2) is 48.4 Å². The monoisotopic (exact) mass is 247 g/mol. The number of amides is 1. The van der Waals surface area contributed by atoms with Crippen LogP contribution in [0.3, 0.4) is 0 Å². The van der Waals surface area contributed by atoms with Crippen molar-refractivity contribution >= 4 is 12.1 Å². The number of hydrogen-bond donors (Lipinski definition) is 0. The molecule has 2 atom stereocenters. The molecule has 5 nitrogen and oxygen atoms in total. The molecule has 1 heterocycles. The van der Waals surface area contributed by atoms with E-state index in [-0.39, 0.29) is 13.0 Å². The van der Waals surface area contributed by atoms with Crippen molar-refractivity contribution in [2.75, 3.05) is 13.7 Å². The van der Waals surface area contributed by atoms with E-state index in [2.05, 4.69) is 4.74 Å². The molecule has 0 aromatic rings. The highest BCUT2D eigenvalue weighted by Crippen LogP contribution is 2.23. The van der Waals surface area contributed by atoms with E-state index in [1.807, 2.05) is 0 Å². The number of carbonyl (C=O) groups is 2. The number of likely N-dealkylation sites (tertiary alicyclic amines) is 1. The number of methoxy groups -OCH3 is 1. The molecule has 17 heavy (non-hydrogen) atoms. The van der Waals surface area contributed by atoms with Gasteiger partial charge in [-0.15, -0.1) is 0 Å². The highest BCUT2D eigenvalue weighted by atomic mass is 19.1. The molecule has 0 saturated carbocycles. The van der Waals surface area contributed by atoms with E-state index in [9.17, 15) is 14.0 Å². The van der Waals surface area contributed by atoms with Crippen molar-refractivity contribution in [1.82, 2.24) is 4.90 Å². The molecule has 0 aliphatic carbocycles. The molecule has 0 N–H and O–H groups in total. The van der Waals surface area contributed by atoms with Gasteiger partial charge in [0.25, 0.3) is 0 Å². The standard InChI is InChI=1S/C11H18FNO4/c1-11(2,3)17-10(15)13-6-7(12)5-8(13)9(14)16-4/h7-8H,5-6H2,1-4H3/t7-,8?/m1/s1. The quantitative estimate of drug-likeness (QED) is 0.659. The molecule has 0 bridgehead atoms. The summed E-state index contributed by atoms with van der Waals surface area (Å²) in [6, 6.07) is -0.884. The van der Waals surface area contributed by atoms with Crippen LogP contribution in [-0.2, 0) is 14.3 Å². The summed E-state index contributed by atoms with van der Waals surface area (Å²) in [5.41, 5.74) is -0.674. The molecule has 0 spiro atoms. The lowest BCUT2D eigenvalue weighted by Crippen LogP contribution is -2.43. The molecule has 6 heteroatoms. The number of nitrogens with zero attached hydrogens (tertiary/aromatic N) is 1. The second-order valence-corrected chi connectivity index (χ2v) is 5.00. The minimum absolute atomic E-state index is 0.0358. The summed E-state index contributed by atoms with van der Waals surface area (Å²) < 4.78 is 22.9. The number of esters is 1. The van der Waals surface area contributed by atoms with Gasteiger partial charge < -0.3 is 9.47 Å². The SMILES string of the molecule is COC(=O)C1C[C@@H](F)CN1C(=O)OC(C)(C)C. The molecule has 1 amide bonds. The fraction of sp³-hybridized carbons (Fsp3) is 0.818. The topological polar surface area (TPSA) is 55.8 Å². The summed E-state index contributed by atoms with van der Waals surface area (Å²) in [5, 5.41) is 0. The third kappa shape index (κ3) is 3.57. The smallest absolute Gasteiger partial charge is 0.411 e. The van der Waals surface area contributed by atoms with Gasteiger partial charge in [0.2, 0.25) is 0 Å². The maximum Gasteiger partial charge on any atom is 0.411 e. The summed E-state index contributed by atoms with van der Waals surface area (Å²) in [6.07, 6.45) is -1.94. The molecule has 1 aliphatic rings. The van der Waals surface area contributed by atoms with Crippen LogP contribution in [0.15, 0.2) is 0 Å². The van der Waals surface area contributed by atoms with Crippen LogP contribution in [0, 0.1) is 0 Å². The van der Waals surface area contributed by atoms with Crippen molar-refractivity contribution in [2.45, 2.75) is 45.0 Å². The predicted octanol–water partition coefficient (Wildman–Crippen LogP) is 1.51. The van der Waals surface area contributed by atoms with Crippen molar-refractivity contribution in [1.29, 1.82) is 0 Å². The molecule has 98 valence electrons. The average Bonchev–Trinajstić information content (AvgIpc) is 2.56. The van der Waals surface area contributed by atoms with Crippen LogP contribution in [0.4, 0.5) is 9.18 Å². The van der Waals surface area contributed by atoms with Gasteiger partial charge in [-0.25, -0.2) is 14.0 Å². The Hall–Kier alpha value is -1.33. The minimum atomic E-state index is -1.22.